The molecule has 7 heteroatoms. The number of carbonyl (C=O) groups excluding carboxylic acids is 1. The molecule has 0 bridgehead atoms. The van der Waals surface area contributed by atoms with Gasteiger partial charge >= 0.3 is 0 Å². The summed E-state index contributed by atoms with van der Waals surface area (Å²) in [5, 5.41) is 5.34. The van der Waals surface area contributed by atoms with E-state index in [1.165, 1.54) is 12.2 Å². The van der Waals surface area contributed by atoms with Gasteiger partial charge in [-0.05, 0) is 31.2 Å². The third-order valence-electron chi connectivity index (χ3n) is 4.36. The van der Waals surface area contributed by atoms with Crippen molar-refractivity contribution in [2.75, 3.05) is 18.4 Å². The van der Waals surface area contributed by atoms with Gasteiger partial charge in [-0.25, -0.2) is 4.39 Å². The highest BCUT2D eigenvalue weighted by atomic mass is 35.5. The molecule has 1 aliphatic carbocycles. The van der Waals surface area contributed by atoms with E-state index in [1.54, 1.807) is 18.2 Å². The Bertz CT molecular complexity index is 707. The third-order valence-corrected chi connectivity index (χ3v) is 4.75. The number of alkyl halides is 1. The molecule has 1 saturated heterocycles. The van der Waals surface area contributed by atoms with Gasteiger partial charge in [0.15, 0.2) is 0 Å². The zero-order valence-corrected chi connectivity index (χ0v) is 14.7. The molecule has 3 rings (SSSR count). The topological polar surface area (TPSA) is 63.2 Å². The first-order chi connectivity index (χ1) is 12.0. The highest BCUT2D eigenvalue weighted by Gasteiger charge is 2.24. The maximum atomic E-state index is 13.2. The van der Waals surface area contributed by atoms with E-state index in [-0.39, 0.29) is 24.3 Å². The second-order valence-electron chi connectivity index (χ2n) is 6.35. The van der Waals surface area contributed by atoms with Crippen LogP contribution in [0.4, 0.5) is 10.2 Å². The summed E-state index contributed by atoms with van der Waals surface area (Å²) < 4.78 is 19.1. The summed E-state index contributed by atoms with van der Waals surface area (Å²) in [6, 6.07) is 5.23. The number of hydrogen-bond acceptors (Lipinski definition) is 4. The summed E-state index contributed by atoms with van der Waals surface area (Å²) >= 11 is 6.05. The predicted octanol–water partition coefficient (Wildman–Crippen LogP) is 3.19. The van der Waals surface area contributed by atoms with Gasteiger partial charge in [-0.2, -0.15) is 4.98 Å². The minimum absolute atomic E-state index is 0.0188. The first-order valence-corrected chi connectivity index (χ1v) is 8.82. The van der Waals surface area contributed by atoms with Crippen molar-refractivity contribution in [3.8, 4) is 5.88 Å². The van der Waals surface area contributed by atoms with E-state index >= 15 is 0 Å². The lowest BCUT2D eigenvalue weighted by atomic mass is 9.98. The number of piperidine rings is 1. The van der Waals surface area contributed by atoms with Crippen LogP contribution in [0.15, 0.2) is 41.8 Å². The molecule has 1 unspecified atom stereocenters. The van der Waals surface area contributed by atoms with Crippen LogP contribution < -0.4 is 15.4 Å². The van der Waals surface area contributed by atoms with Gasteiger partial charge in [0.2, 0.25) is 5.88 Å². The average Bonchev–Trinajstić information content (AvgIpc) is 2.57. The number of hydrogen-bond donors (Lipinski definition) is 2. The Labute approximate surface area is 151 Å². The summed E-state index contributed by atoms with van der Waals surface area (Å²) in [7, 11) is 0. The first kappa shape index (κ1) is 17.9. The fourth-order valence-electron chi connectivity index (χ4n) is 2.91. The maximum absolute atomic E-state index is 13.2. The van der Waals surface area contributed by atoms with Gasteiger partial charge in [-0.1, -0.05) is 13.0 Å². The quantitative estimate of drug-likeness (QED) is 0.804. The average molecular weight is 366 g/mol. The zero-order chi connectivity index (χ0) is 17.8. The molecule has 2 heterocycles. The molecule has 5 nitrogen and oxygen atoms in total. The molecule has 0 aromatic carbocycles. The van der Waals surface area contributed by atoms with E-state index in [0.29, 0.717) is 23.2 Å². The van der Waals surface area contributed by atoms with Gasteiger partial charge in [0.05, 0.1) is 5.38 Å². The van der Waals surface area contributed by atoms with Gasteiger partial charge in [0.1, 0.15) is 17.7 Å². The van der Waals surface area contributed by atoms with Crippen molar-refractivity contribution in [3.05, 3.63) is 41.8 Å². The Morgan fingerprint density at radius 1 is 1.44 bits per heavy atom. The number of nitrogens with zero attached hydrogens (tertiary/aromatic N) is 1. The van der Waals surface area contributed by atoms with E-state index in [1.807, 2.05) is 0 Å². The standard InChI is InChI=1S/C18H21ClFN3O2/c1-11-10-21-8-7-15(11)25-17-4-2-3-16(22-17)23-18(24)13-6-5-12(20)9-14(13)19/h2-6,11,14-15,21H,7-10H2,1H3,(H,22,23,24)/t11-,14?,15+/m0/s1. The predicted molar refractivity (Wildman–Crippen MR) is 95.5 cm³/mol. The monoisotopic (exact) mass is 365 g/mol. The molecule has 2 N–H and O–H groups in total. The minimum atomic E-state index is -0.681. The van der Waals surface area contributed by atoms with Crippen LogP contribution in [0.3, 0.4) is 0 Å². The molecule has 134 valence electrons. The lowest BCUT2D eigenvalue weighted by Crippen LogP contribution is -2.41. The Hall–Kier alpha value is -1.92. The number of aromatic nitrogens is 1. The van der Waals surface area contributed by atoms with Crippen LogP contribution in [0.2, 0.25) is 0 Å². The number of allylic oxidation sites excluding steroid dienone is 3. The summed E-state index contributed by atoms with van der Waals surface area (Å²) in [6.45, 7) is 3.96. The van der Waals surface area contributed by atoms with E-state index in [0.717, 1.165) is 19.5 Å². The lowest BCUT2D eigenvalue weighted by Gasteiger charge is -2.29. The number of anilines is 1. The van der Waals surface area contributed by atoms with Crippen molar-refractivity contribution in [2.45, 2.75) is 31.2 Å². The Morgan fingerprint density at radius 2 is 2.28 bits per heavy atom. The molecule has 1 aromatic heterocycles. The molecule has 25 heavy (non-hydrogen) atoms. The molecule has 1 fully saturated rings. The molecular weight excluding hydrogens is 345 g/mol. The van der Waals surface area contributed by atoms with Gasteiger partial charge in [-0.3, -0.25) is 4.79 Å². The van der Waals surface area contributed by atoms with Crippen LogP contribution in [0.1, 0.15) is 19.8 Å². The van der Waals surface area contributed by atoms with Crippen molar-refractivity contribution in [1.29, 1.82) is 0 Å². The van der Waals surface area contributed by atoms with Gasteiger partial charge in [0.25, 0.3) is 5.91 Å². The number of carbonyl (C=O) groups is 1. The summed E-state index contributed by atoms with van der Waals surface area (Å²) in [6.07, 6.45) is 3.70. The van der Waals surface area contributed by atoms with E-state index < -0.39 is 5.38 Å². The molecule has 3 atom stereocenters. The van der Waals surface area contributed by atoms with Crippen LogP contribution >= 0.6 is 11.6 Å². The summed E-state index contributed by atoms with van der Waals surface area (Å²) in [4.78, 5) is 16.7. The Kier molecular flexibility index (Phi) is 5.71. The van der Waals surface area contributed by atoms with E-state index in [9.17, 15) is 9.18 Å². The van der Waals surface area contributed by atoms with Gasteiger partial charge in [0, 0.05) is 30.5 Å². The zero-order valence-electron chi connectivity index (χ0n) is 14.0. The fraction of sp³-hybridized carbons (Fsp3) is 0.444. The van der Waals surface area contributed by atoms with Crippen molar-refractivity contribution in [1.82, 2.24) is 10.3 Å². The third kappa shape index (κ3) is 4.58. The largest absolute Gasteiger partial charge is 0.474 e. The molecule has 0 spiro atoms. The smallest absolute Gasteiger partial charge is 0.254 e. The van der Waals surface area contributed by atoms with E-state index in [2.05, 4.69) is 22.5 Å². The van der Waals surface area contributed by atoms with Crippen molar-refractivity contribution in [3.63, 3.8) is 0 Å². The normalized spacial score (nSPS) is 26.4. The second-order valence-corrected chi connectivity index (χ2v) is 6.88. The van der Waals surface area contributed by atoms with Crippen LogP contribution in [-0.4, -0.2) is 35.5 Å². The number of pyridine rings is 1. The van der Waals surface area contributed by atoms with Gasteiger partial charge in [-0.15, -0.1) is 11.6 Å². The molecule has 1 aliphatic heterocycles. The molecule has 1 aromatic rings. The summed E-state index contributed by atoms with van der Waals surface area (Å²) in [5.41, 5.74) is 0.322. The van der Waals surface area contributed by atoms with Crippen LogP contribution in [-0.2, 0) is 4.79 Å². The fourth-order valence-corrected chi connectivity index (χ4v) is 3.23. The minimum Gasteiger partial charge on any atom is -0.474 e. The number of ether oxygens (including phenoxy) is 1. The van der Waals surface area contributed by atoms with Crippen molar-refractivity contribution < 1.29 is 13.9 Å². The number of rotatable bonds is 4. The molecule has 0 saturated carbocycles. The van der Waals surface area contributed by atoms with Crippen LogP contribution in [0.25, 0.3) is 0 Å². The van der Waals surface area contributed by atoms with Crippen LogP contribution in [0, 0.1) is 5.92 Å². The Morgan fingerprint density at radius 3 is 3.04 bits per heavy atom. The number of amides is 1. The molecule has 1 amide bonds. The molecule has 0 radical (unpaired) electrons. The van der Waals surface area contributed by atoms with Crippen molar-refractivity contribution >= 4 is 23.3 Å². The van der Waals surface area contributed by atoms with E-state index in [4.69, 9.17) is 16.3 Å². The highest BCUT2D eigenvalue weighted by molar-refractivity contribution is 6.27. The molecular formula is C18H21ClFN3O2. The molecule has 2 aliphatic rings. The second kappa shape index (κ2) is 7.97. The first-order valence-electron chi connectivity index (χ1n) is 8.39. The number of nitrogens with one attached hydrogen (secondary N) is 2. The van der Waals surface area contributed by atoms with Crippen LogP contribution in [0.5, 0.6) is 5.88 Å². The number of halogens is 2. The van der Waals surface area contributed by atoms with Gasteiger partial charge < -0.3 is 15.4 Å². The SMILES string of the molecule is C[C@H]1CNCC[C@H]1Oc1cccc(NC(=O)C2=CC=C(F)CC2Cl)n1. The Balaban J connectivity index is 1.66. The lowest BCUT2D eigenvalue weighted by molar-refractivity contribution is -0.113. The maximum Gasteiger partial charge on any atom is 0.254 e. The van der Waals surface area contributed by atoms with Crippen molar-refractivity contribution in [2.24, 2.45) is 5.92 Å². The summed E-state index contributed by atoms with van der Waals surface area (Å²) in [5.74, 6) is 0.524. The highest BCUT2D eigenvalue weighted by Crippen LogP contribution is 2.26.